The van der Waals surface area contributed by atoms with Gasteiger partial charge >= 0.3 is 34.5 Å². The molecule has 15 aromatic heterocycles. The maximum atomic E-state index is 13.5. The maximum absolute atomic E-state index is 13.5. The molecule has 2 saturated heterocycles. The van der Waals surface area contributed by atoms with Crippen LogP contribution < -0.4 is 28.4 Å². The van der Waals surface area contributed by atoms with E-state index in [-0.39, 0.29) is 99.2 Å². The Kier molecular flexibility index (Phi) is 21.7. The molecule has 12 bridgehead atoms. The Balaban J connectivity index is 0.0000000992. The summed E-state index contributed by atoms with van der Waals surface area (Å²) in [5, 5.41) is 54.9. The number of likely N-dealkylation sites (tertiary alicyclic amines) is 1. The second-order valence-electron chi connectivity index (χ2n) is 41.5. The molecule has 12 saturated carbocycles. The zero-order valence-corrected chi connectivity index (χ0v) is 78.3. The number of amides is 3. The molecule has 2 aliphatic heterocycles. The SMILES string of the molecule is C#CCCOC12C[C@H]3C[C@@H](C1)CC(n1c(=O)[nH]c4nnc5[nH]ccc5c41)(C3)C2.C#CCN(C)C(=O)C12C[C@H]3C[C@@H](C1)CC(n1c(=O)[nH]c4nnc5[nH]ccc5c41)(C3)C2.C[C@@H]1CCN(C(=O)N(C)C)C[C@@H]1n1c(=O)[nH]c2nnc3[nH]ccc3c21.C[C@@H]1CCN(S(=O)(=O)N(C)C)C[C@@H]1n1c(=O)[nH]c2nnc3[nH]ccc3c21.N#CCCOC12CC3CC(C1)C(n1c(=O)[nH]c4nnc5[nH]ccc5c41)C(C3)C2. The monoisotopic (exact) mass is 1880 g/mol. The lowest BCUT2D eigenvalue weighted by molar-refractivity contribution is -0.185. The number of ether oxygens (including phenoxy) is 2. The minimum absolute atomic E-state index is 0.0311. The Hall–Kier alpha value is -13.4. The first-order chi connectivity index (χ1) is 66.0. The number of nitrogens with one attached hydrogen (secondary N) is 10. The van der Waals surface area contributed by atoms with Crippen molar-refractivity contribution in [3.63, 3.8) is 0 Å². The highest BCUT2D eigenvalue weighted by Crippen LogP contribution is 2.66. The number of aromatic amines is 10. The molecule has 12 aliphatic carbocycles. The highest BCUT2D eigenvalue weighted by atomic mass is 32.2. The first-order valence-electron chi connectivity index (χ1n) is 47.6. The lowest BCUT2D eigenvalue weighted by atomic mass is 9.46. The average Bonchev–Trinajstić information content (AvgIpc) is 1.64. The highest BCUT2D eigenvalue weighted by Gasteiger charge is 2.64. The molecular weight excluding hydrogens is 1770 g/mol. The summed E-state index contributed by atoms with van der Waals surface area (Å²) < 4.78 is 49.7. The number of rotatable bonds is 15. The zero-order chi connectivity index (χ0) is 94.8. The van der Waals surface area contributed by atoms with Gasteiger partial charge in [0.2, 0.25) is 5.91 Å². The molecular formula is C94H111N31O11S. The second kappa shape index (κ2) is 33.5. The summed E-state index contributed by atoms with van der Waals surface area (Å²) in [6.45, 7) is 7.47. The number of hydrogen-bond donors (Lipinski definition) is 10. The summed E-state index contributed by atoms with van der Waals surface area (Å²) in [5.74, 6) is 9.43. The first kappa shape index (κ1) is 88.8. The summed E-state index contributed by atoms with van der Waals surface area (Å²) in [7, 11) is 4.77. The summed E-state index contributed by atoms with van der Waals surface area (Å²) in [4.78, 5) is 125. The molecule has 0 radical (unpaired) electrons. The van der Waals surface area contributed by atoms with E-state index in [4.69, 9.17) is 27.6 Å². The minimum Gasteiger partial charge on any atom is -0.374 e. The van der Waals surface area contributed by atoms with Crippen molar-refractivity contribution < 1.29 is 27.5 Å². The molecule has 14 aliphatic rings. The summed E-state index contributed by atoms with van der Waals surface area (Å²) in [6.07, 6.45) is 39.8. The van der Waals surface area contributed by atoms with E-state index in [1.807, 2.05) is 69.5 Å². The average molecular weight is 1880 g/mol. The molecule has 14 fully saturated rings. The molecule has 29 rings (SSSR count). The van der Waals surface area contributed by atoms with Gasteiger partial charge in [-0.25, -0.2) is 28.8 Å². The Morgan fingerprint density at radius 2 is 0.861 bits per heavy atom. The van der Waals surface area contributed by atoms with Gasteiger partial charge in [0.1, 0.15) is 27.6 Å². The van der Waals surface area contributed by atoms with Gasteiger partial charge in [-0.3, -0.25) is 52.5 Å². The van der Waals surface area contributed by atoms with Crippen LogP contribution in [0, 0.1) is 94.7 Å². The molecule has 43 heteroatoms. The van der Waals surface area contributed by atoms with Crippen molar-refractivity contribution in [2.24, 2.45) is 58.7 Å². The van der Waals surface area contributed by atoms with Crippen molar-refractivity contribution >= 4 is 133 Å². The zero-order valence-electron chi connectivity index (χ0n) is 77.4. The van der Waals surface area contributed by atoms with Crippen molar-refractivity contribution in [3.8, 4) is 30.8 Å². The van der Waals surface area contributed by atoms with Gasteiger partial charge < -0.3 is 49.1 Å². The van der Waals surface area contributed by atoms with E-state index < -0.39 is 15.6 Å². The number of carbonyl (C=O) groups excluding carboxylic acids is 2. The second-order valence-corrected chi connectivity index (χ2v) is 43.6. The number of fused-ring (bicyclic) bond motifs is 15. The van der Waals surface area contributed by atoms with E-state index in [2.05, 4.69) is 126 Å². The van der Waals surface area contributed by atoms with Crippen LogP contribution >= 0.6 is 0 Å². The van der Waals surface area contributed by atoms with E-state index >= 15 is 0 Å². The molecule has 6 unspecified atom stereocenters. The largest absolute Gasteiger partial charge is 0.374 e. The van der Waals surface area contributed by atoms with Crippen LogP contribution in [0.25, 0.3) is 111 Å². The fraction of sp³-hybridized carbons (Fsp3) is 0.553. The number of urea groups is 1. The predicted molar refractivity (Wildman–Crippen MR) is 508 cm³/mol. The van der Waals surface area contributed by atoms with Gasteiger partial charge in [-0.15, -0.1) is 69.8 Å². The topological polar surface area (TPSA) is 524 Å². The van der Waals surface area contributed by atoms with Crippen molar-refractivity contribution in [1.82, 2.24) is 147 Å². The normalized spacial score (nSPS) is 28.9. The van der Waals surface area contributed by atoms with Gasteiger partial charge in [0.15, 0.2) is 56.5 Å². The van der Waals surface area contributed by atoms with Crippen molar-refractivity contribution in [1.29, 1.82) is 5.26 Å². The van der Waals surface area contributed by atoms with E-state index in [1.165, 1.54) is 29.1 Å². The smallest absolute Gasteiger partial charge is 0.328 e. The Morgan fingerprint density at radius 1 is 0.467 bits per heavy atom. The van der Waals surface area contributed by atoms with E-state index in [0.717, 1.165) is 152 Å². The Labute approximate surface area is 782 Å². The number of H-pyrrole nitrogens is 10. The van der Waals surface area contributed by atoms with E-state index in [1.54, 1.807) is 57.4 Å². The standard InChI is InChI=1S/C22H24N6O2.C21H23N5O2.C20H22N6O2.C16H21N7O2.C15H21N7O3S/c1-3-6-27(2)19(29)21-8-13-7-14(9-21)11-22(10-13,12-21)28-16-15-4-5-23-17(15)25-26-18(16)24-20(28)30;1-2-3-6-28-21-10-13-7-14(11-21)9-20(8-13,12-21)26-16-15-4-5-22-17(15)24-25-18(16)23-19(26)27;21-3-1-5-28-20-8-11-6-12(9-20)15(13(7-11)10-20)26-16-14-2-4-22-17(14)24-25-18(16)23-19(26)27;1-9-5-7-22(16(25)21(2)3)8-11(9)23-12-10-4-6-17-13(10)19-20-14(12)18-15(23)24;1-9-5-7-21(26(24,25)20(2)3)8-11(9)22-12-10-4-6-16-13(10)18-19-14(12)17-15(22)23/h1,4-5,13-14H,6-12H2,2H3,(H,23,25)(H,24,26,30);1,4-5,13-14H,3,6-12H2,(H,22,24)(H,23,25,27);2,4,11-13,15H,1,5-10H2,(H,22,24)(H,23,25,27);4,6,9,11H,5,7-8H2,1-3H3,(H,17,19)(H,18,20,24);4,6,9,11H,5,7-8H2,1-3H3,(H,16,18)(H,17,19,23)/t13-,14+,21?,22?;13-,14+,20?,21?;;2*9-,11+/m...11/s1. The van der Waals surface area contributed by atoms with Gasteiger partial charge in [-0.2, -0.15) is 22.3 Å². The Morgan fingerprint density at radius 3 is 1.31 bits per heavy atom. The Bertz CT molecular complexity index is 7840. The number of imidazole rings is 5. The first-order valence-corrected chi connectivity index (χ1v) is 49.0. The number of terminal acetylenes is 2. The van der Waals surface area contributed by atoms with Crippen LogP contribution in [0.5, 0.6) is 0 Å². The van der Waals surface area contributed by atoms with Crippen molar-refractivity contribution in [3.05, 3.63) is 114 Å². The highest BCUT2D eigenvalue weighted by molar-refractivity contribution is 7.86. The number of nitriles is 1. The van der Waals surface area contributed by atoms with Gasteiger partial charge in [0.05, 0.1) is 72.0 Å². The third-order valence-electron chi connectivity index (χ3n) is 32.4. The molecule has 137 heavy (non-hydrogen) atoms. The molecule has 3 amide bonds. The lowest BCUT2D eigenvalue weighted by Gasteiger charge is -2.61. The lowest BCUT2D eigenvalue weighted by Crippen LogP contribution is -2.62. The predicted octanol–water partition coefficient (Wildman–Crippen LogP) is 8.78. The van der Waals surface area contributed by atoms with E-state index in [0.29, 0.717) is 168 Å². The van der Waals surface area contributed by atoms with Gasteiger partial charge in [0, 0.05) is 138 Å². The van der Waals surface area contributed by atoms with Gasteiger partial charge in [0.25, 0.3) is 10.2 Å². The molecule has 42 nitrogen and oxygen atoms in total. The molecule has 0 spiro atoms. The molecule has 14 atom stereocenters. The van der Waals surface area contributed by atoms with Crippen LogP contribution in [-0.4, -0.2) is 260 Å². The number of nitrogens with zero attached hydrogens (tertiary/aromatic N) is 21. The van der Waals surface area contributed by atoms with Crippen LogP contribution in [0.15, 0.2) is 85.3 Å². The van der Waals surface area contributed by atoms with Crippen LogP contribution in [0.2, 0.25) is 0 Å². The van der Waals surface area contributed by atoms with Crippen LogP contribution in [0.4, 0.5) is 4.79 Å². The maximum Gasteiger partial charge on any atom is 0.328 e. The van der Waals surface area contributed by atoms with Gasteiger partial charge in [-0.05, 0) is 199 Å². The number of carbonyl (C=O) groups is 2. The fourth-order valence-electron chi connectivity index (χ4n) is 28.0. The quantitative estimate of drug-likeness (QED) is 0.0338. The summed E-state index contributed by atoms with van der Waals surface area (Å²) in [5.41, 5.74) is 7.65. The number of piperidine rings is 2. The number of aromatic nitrogens is 25. The molecule has 17 heterocycles. The third-order valence-corrected chi connectivity index (χ3v) is 34.3. The van der Waals surface area contributed by atoms with Crippen LogP contribution in [-0.2, 0) is 35.6 Å². The number of hydrogen-bond acceptors (Lipinski definition) is 22. The third kappa shape index (κ3) is 14.8. The van der Waals surface area contributed by atoms with Gasteiger partial charge in [-0.1, -0.05) is 19.8 Å². The summed E-state index contributed by atoms with van der Waals surface area (Å²) >= 11 is 0. The molecule has 10 N–H and O–H groups in total. The minimum atomic E-state index is -3.54. The van der Waals surface area contributed by atoms with Crippen LogP contribution in [0.3, 0.4) is 0 Å². The van der Waals surface area contributed by atoms with Crippen molar-refractivity contribution in [2.75, 3.05) is 81.2 Å². The van der Waals surface area contributed by atoms with E-state index in [9.17, 15) is 42.0 Å². The molecule has 714 valence electrons. The summed E-state index contributed by atoms with van der Waals surface area (Å²) in [6, 6.07) is 11.6. The van der Waals surface area contributed by atoms with Crippen LogP contribution in [0.1, 0.15) is 167 Å². The van der Waals surface area contributed by atoms with Crippen molar-refractivity contribution in [2.45, 2.75) is 189 Å². The molecule has 15 aromatic rings. The fourth-order valence-corrected chi connectivity index (χ4v) is 29.1. The molecule has 0 aromatic carbocycles.